The third kappa shape index (κ3) is 5.35. The van der Waals surface area contributed by atoms with Gasteiger partial charge in [-0.1, -0.05) is 0 Å². The number of hydrogen-bond donors (Lipinski definition) is 0. The third-order valence-electron chi connectivity index (χ3n) is 2.40. The molecule has 1 atom stereocenters. The normalized spacial score (nSPS) is 14.1. The standard InChI is InChI=1S/C11H22O3/c1-6-14-9(2)10(12)7-8-11(3,4)13-5/h9H,6-8H2,1-5H3. The highest BCUT2D eigenvalue weighted by atomic mass is 16.5. The first kappa shape index (κ1) is 13.6. The van der Waals surface area contributed by atoms with Crippen molar-refractivity contribution in [2.24, 2.45) is 0 Å². The van der Waals surface area contributed by atoms with Crippen LogP contribution in [0.1, 0.15) is 40.5 Å². The monoisotopic (exact) mass is 202 g/mol. The molecular formula is C11H22O3. The quantitative estimate of drug-likeness (QED) is 0.635. The number of ether oxygens (including phenoxy) is 2. The first-order valence-corrected chi connectivity index (χ1v) is 5.12. The summed E-state index contributed by atoms with van der Waals surface area (Å²) in [5.74, 6) is 0.150. The van der Waals surface area contributed by atoms with E-state index >= 15 is 0 Å². The van der Waals surface area contributed by atoms with Crippen molar-refractivity contribution in [3.05, 3.63) is 0 Å². The largest absolute Gasteiger partial charge is 0.379 e. The second-order valence-electron chi connectivity index (χ2n) is 4.03. The van der Waals surface area contributed by atoms with Gasteiger partial charge >= 0.3 is 0 Å². The van der Waals surface area contributed by atoms with Crippen molar-refractivity contribution in [2.75, 3.05) is 13.7 Å². The summed E-state index contributed by atoms with van der Waals surface area (Å²) in [6.07, 6.45) is 0.967. The van der Waals surface area contributed by atoms with Crippen LogP contribution in [0.2, 0.25) is 0 Å². The molecule has 0 aliphatic heterocycles. The number of hydrogen-bond acceptors (Lipinski definition) is 3. The van der Waals surface area contributed by atoms with E-state index in [0.717, 1.165) is 6.42 Å². The molecule has 0 aromatic carbocycles. The lowest BCUT2D eigenvalue weighted by Gasteiger charge is -2.22. The SMILES string of the molecule is CCOC(C)C(=O)CCC(C)(C)OC. The van der Waals surface area contributed by atoms with Gasteiger partial charge in [0.25, 0.3) is 0 Å². The van der Waals surface area contributed by atoms with Crippen molar-refractivity contribution in [3.63, 3.8) is 0 Å². The van der Waals surface area contributed by atoms with Crippen LogP contribution in [0.15, 0.2) is 0 Å². The molecule has 0 saturated heterocycles. The summed E-state index contributed by atoms with van der Waals surface area (Å²) < 4.78 is 10.4. The molecule has 0 aromatic heterocycles. The van der Waals surface area contributed by atoms with Crippen molar-refractivity contribution < 1.29 is 14.3 Å². The first-order chi connectivity index (χ1) is 6.43. The van der Waals surface area contributed by atoms with Crippen LogP contribution in [-0.2, 0) is 14.3 Å². The zero-order valence-electron chi connectivity index (χ0n) is 9.92. The maximum atomic E-state index is 11.5. The second-order valence-corrected chi connectivity index (χ2v) is 4.03. The molecule has 0 heterocycles. The highest BCUT2D eigenvalue weighted by Crippen LogP contribution is 2.16. The van der Waals surface area contributed by atoms with Gasteiger partial charge in [-0.15, -0.1) is 0 Å². The Labute approximate surface area is 86.8 Å². The molecule has 84 valence electrons. The van der Waals surface area contributed by atoms with E-state index in [4.69, 9.17) is 9.47 Å². The lowest BCUT2D eigenvalue weighted by Crippen LogP contribution is -2.27. The van der Waals surface area contributed by atoms with Gasteiger partial charge in [-0.2, -0.15) is 0 Å². The molecule has 0 fully saturated rings. The molecular weight excluding hydrogens is 180 g/mol. The van der Waals surface area contributed by atoms with Crippen LogP contribution in [-0.4, -0.2) is 31.2 Å². The van der Waals surface area contributed by atoms with Crippen LogP contribution in [0, 0.1) is 0 Å². The number of carbonyl (C=O) groups is 1. The van der Waals surface area contributed by atoms with Crippen LogP contribution < -0.4 is 0 Å². The summed E-state index contributed by atoms with van der Waals surface area (Å²) in [6.45, 7) is 8.23. The Balaban J connectivity index is 3.84. The molecule has 0 bridgehead atoms. The fraction of sp³-hybridized carbons (Fsp3) is 0.909. The minimum Gasteiger partial charge on any atom is -0.379 e. The lowest BCUT2D eigenvalue weighted by molar-refractivity contribution is -0.130. The van der Waals surface area contributed by atoms with Gasteiger partial charge in [-0.25, -0.2) is 0 Å². The van der Waals surface area contributed by atoms with Crippen LogP contribution in [0.5, 0.6) is 0 Å². The zero-order chi connectivity index (χ0) is 11.2. The van der Waals surface area contributed by atoms with Gasteiger partial charge in [0.1, 0.15) is 6.10 Å². The van der Waals surface area contributed by atoms with Gasteiger partial charge in [-0.3, -0.25) is 4.79 Å². The fourth-order valence-electron chi connectivity index (χ4n) is 1.07. The van der Waals surface area contributed by atoms with Gasteiger partial charge < -0.3 is 9.47 Å². The van der Waals surface area contributed by atoms with Crippen LogP contribution >= 0.6 is 0 Å². The Morgan fingerprint density at radius 3 is 2.43 bits per heavy atom. The smallest absolute Gasteiger partial charge is 0.161 e. The topological polar surface area (TPSA) is 35.5 Å². The summed E-state index contributed by atoms with van der Waals surface area (Å²) in [6, 6.07) is 0. The molecule has 14 heavy (non-hydrogen) atoms. The van der Waals surface area contributed by atoms with E-state index in [1.54, 1.807) is 14.0 Å². The zero-order valence-corrected chi connectivity index (χ0v) is 9.92. The molecule has 0 radical (unpaired) electrons. The van der Waals surface area contributed by atoms with Crippen molar-refractivity contribution in [2.45, 2.75) is 52.2 Å². The van der Waals surface area contributed by atoms with E-state index in [-0.39, 0.29) is 17.5 Å². The molecule has 3 heteroatoms. The maximum absolute atomic E-state index is 11.5. The number of ketones is 1. The molecule has 0 saturated carbocycles. The molecule has 0 rings (SSSR count). The summed E-state index contributed by atoms with van der Waals surface area (Å²) in [4.78, 5) is 11.5. The summed E-state index contributed by atoms with van der Waals surface area (Å²) >= 11 is 0. The minimum atomic E-state index is -0.285. The molecule has 0 spiro atoms. The Morgan fingerprint density at radius 2 is 2.00 bits per heavy atom. The Morgan fingerprint density at radius 1 is 1.43 bits per heavy atom. The Bertz CT molecular complexity index is 175. The van der Waals surface area contributed by atoms with E-state index < -0.39 is 0 Å². The number of rotatable bonds is 7. The van der Waals surface area contributed by atoms with E-state index in [1.807, 2.05) is 20.8 Å². The molecule has 0 amide bonds. The second kappa shape index (κ2) is 6.14. The number of carbonyl (C=O) groups excluding carboxylic acids is 1. The third-order valence-corrected chi connectivity index (χ3v) is 2.40. The van der Waals surface area contributed by atoms with E-state index in [1.165, 1.54) is 0 Å². The van der Waals surface area contributed by atoms with Crippen molar-refractivity contribution in [1.29, 1.82) is 0 Å². The van der Waals surface area contributed by atoms with E-state index in [2.05, 4.69) is 0 Å². The minimum absolute atomic E-state index is 0.150. The molecule has 0 N–H and O–H groups in total. The van der Waals surface area contributed by atoms with Crippen molar-refractivity contribution >= 4 is 5.78 Å². The molecule has 0 aliphatic rings. The highest BCUT2D eigenvalue weighted by molar-refractivity contribution is 5.82. The summed E-state index contributed by atoms with van der Waals surface area (Å²) in [5, 5.41) is 0. The van der Waals surface area contributed by atoms with E-state index in [9.17, 15) is 4.79 Å². The predicted octanol–water partition coefficient (Wildman–Crippen LogP) is 2.19. The number of methoxy groups -OCH3 is 1. The maximum Gasteiger partial charge on any atom is 0.161 e. The van der Waals surface area contributed by atoms with Gasteiger partial charge in [0, 0.05) is 20.1 Å². The van der Waals surface area contributed by atoms with E-state index in [0.29, 0.717) is 13.0 Å². The lowest BCUT2D eigenvalue weighted by atomic mass is 9.99. The van der Waals surface area contributed by atoms with Crippen LogP contribution in [0.4, 0.5) is 0 Å². The van der Waals surface area contributed by atoms with Crippen molar-refractivity contribution in [3.8, 4) is 0 Å². The average Bonchev–Trinajstić information content (AvgIpc) is 2.15. The molecule has 0 aromatic rings. The highest BCUT2D eigenvalue weighted by Gasteiger charge is 2.20. The van der Waals surface area contributed by atoms with Crippen LogP contribution in [0.3, 0.4) is 0 Å². The first-order valence-electron chi connectivity index (χ1n) is 5.12. The van der Waals surface area contributed by atoms with Gasteiger partial charge in [0.05, 0.1) is 5.60 Å². The molecule has 1 unspecified atom stereocenters. The van der Waals surface area contributed by atoms with Crippen LogP contribution in [0.25, 0.3) is 0 Å². The molecule has 3 nitrogen and oxygen atoms in total. The Kier molecular flexibility index (Phi) is 5.96. The van der Waals surface area contributed by atoms with Gasteiger partial charge in [-0.05, 0) is 34.1 Å². The fourth-order valence-corrected chi connectivity index (χ4v) is 1.07. The van der Waals surface area contributed by atoms with Gasteiger partial charge in [0.2, 0.25) is 0 Å². The van der Waals surface area contributed by atoms with Crippen molar-refractivity contribution in [1.82, 2.24) is 0 Å². The average molecular weight is 202 g/mol. The summed E-state index contributed by atoms with van der Waals surface area (Å²) in [5.41, 5.74) is -0.221. The predicted molar refractivity (Wildman–Crippen MR) is 56.4 cm³/mol. The summed E-state index contributed by atoms with van der Waals surface area (Å²) in [7, 11) is 1.66. The molecule has 0 aliphatic carbocycles. The number of Topliss-reactive ketones (excluding diaryl/α,β-unsaturated/α-hetero) is 1. The van der Waals surface area contributed by atoms with Gasteiger partial charge in [0.15, 0.2) is 5.78 Å². The Hall–Kier alpha value is -0.410.